The van der Waals surface area contributed by atoms with Crippen molar-refractivity contribution < 1.29 is 9.90 Å². The summed E-state index contributed by atoms with van der Waals surface area (Å²) in [7, 11) is 1.40. The molecule has 2 N–H and O–H groups in total. The van der Waals surface area contributed by atoms with Gasteiger partial charge >= 0.3 is 5.69 Å². The van der Waals surface area contributed by atoms with Gasteiger partial charge in [-0.3, -0.25) is 14.3 Å². The largest absolute Gasteiger partial charge is 0.492 e. The van der Waals surface area contributed by atoms with Crippen molar-refractivity contribution in [2.24, 2.45) is 17.3 Å². The summed E-state index contributed by atoms with van der Waals surface area (Å²) in [6.07, 6.45) is 0. The van der Waals surface area contributed by atoms with Crippen LogP contribution in [0.5, 0.6) is 5.88 Å². The fourth-order valence-electron chi connectivity index (χ4n) is 1.34. The Morgan fingerprint density at radius 1 is 1.33 bits per heavy atom. The number of carbonyl (C=O) groups excluding carboxylic acids is 1. The maximum atomic E-state index is 11.6. The first-order valence-electron chi connectivity index (χ1n) is 5.08. The average Bonchev–Trinajstić information content (AvgIpc) is 2.62. The van der Waals surface area contributed by atoms with Gasteiger partial charge in [-0.05, 0) is 12.1 Å². The van der Waals surface area contributed by atoms with E-state index in [0.717, 1.165) is 4.57 Å². The minimum Gasteiger partial charge on any atom is -0.492 e. The maximum Gasteiger partial charge on any atom is 0.329 e. The smallest absolute Gasteiger partial charge is 0.329 e. The van der Waals surface area contributed by atoms with Gasteiger partial charge in [-0.25, -0.2) is 4.79 Å². The first kappa shape index (κ1) is 11.8. The molecule has 1 amide bonds. The highest BCUT2D eigenvalue weighted by molar-refractivity contribution is 5.94. The molecule has 1 aromatic carbocycles. The molecule has 2 rings (SSSR count). The van der Waals surface area contributed by atoms with Gasteiger partial charge in [0.05, 0.1) is 0 Å². The SMILES string of the molecule is Cn1c(N=NC(=O)c2ccccc2)c(O)[nH]c1=O. The lowest BCUT2D eigenvalue weighted by atomic mass is 10.2. The molecule has 18 heavy (non-hydrogen) atoms. The molecule has 0 aliphatic carbocycles. The van der Waals surface area contributed by atoms with Crippen molar-refractivity contribution in [2.45, 2.75) is 0 Å². The Morgan fingerprint density at radius 3 is 2.56 bits per heavy atom. The number of aromatic hydroxyl groups is 1. The zero-order valence-corrected chi connectivity index (χ0v) is 9.49. The Labute approximate surface area is 101 Å². The van der Waals surface area contributed by atoms with Crippen LogP contribution in [0.2, 0.25) is 0 Å². The van der Waals surface area contributed by atoms with Gasteiger partial charge in [-0.1, -0.05) is 18.2 Å². The second kappa shape index (κ2) is 4.66. The van der Waals surface area contributed by atoms with Gasteiger partial charge in [0, 0.05) is 12.6 Å². The molecule has 0 radical (unpaired) electrons. The number of hydrogen-bond donors (Lipinski definition) is 2. The Balaban J connectivity index is 2.27. The Morgan fingerprint density at radius 2 is 2.00 bits per heavy atom. The molecular weight excluding hydrogens is 236 g/mol. The second-order valence-corrected chi connectivity index (χ2v) is 3.53. The van der Waals surface area contributed by atoms with E-state index in [0.29, 0.717) is 5.56 Å². The topological polar surface area (TPSA) is 99.8 Å². The zero-order valence-electron chi connectivity index (χ0n) is 9.49. The fourth-order valence-corrected chi connectivity index (χ4v) is 1.34. The van der Waals surface area contributed by atoms with E-state index in [-0.39, 0.29) is 5.82 Å². The van der Waals surface area contributed by atoms with Crippen molar-refractivity contribution in [3.8, 4) is 5.88 Å². The number of aromatic amines is 1. The number of azo groups is 1. The van der Waals surface area contributed by atoms with Gasteiger partial charge in [0.1, 0.15) is 0 Å². The zero-order chi connectivity index (χ0) is 13.1. The predicted molar refractivity (Wildman–Crippen MR) is 63.0 cm³/mol. The molecular formula is C11H10N4O3. The second-order valence-electron chi connectivity index (χ2n) is 3.53. The number of rotatable bonds is 2. The lowest BCUT2D eigenvalue weighted by Gasteiger charge is -1.94. The lowest BCUT2D eigenvalue weighted by Crippen LogP contribution is -2.11. The third-order valence-electron chi connectivity index (χ3n) is 2.32. The monoisotopic (exact) mass is 246 g/mol. The summed E-state index contributed by atoms with van der Waals surface area (Å²) in [6, 6.07) is 8.36. The number of nitrogens with zero attached hydrogens (tertiary/aromatic N) is 3. The highest BCUT2D eigenvalue weighted by Gasteiger charge is 2.10. The molecule has 0 aliphatic rings. The minimum absolute atomic E-state index is 0.0933. The molecule has 0 fully saturated rings. The number of amides is 1. The fraction of sp³-hybridized carbons (Fsp3) is 0.0909. The van der Waals surface area contributed by atoms with E-state index >= 15 is 0 Å². The molecule has 0 unspecified atom stereocenters. The van der Waals surface area contributed by atoms with Gasteiger partial charge in [-0.15, -0.1) is 10.2 Å². The highest BCUT2D eigenvalue weighted by atomic mass is 16.3. The maximum absolute atomic E-state index is 11.6. The van der Waals surface area contributed by atoms with Crippen LogP contribution in [0, 0.1) is 0 Å². The van der Waals surface area contributed by atoms with Crippen molar-refractivity contribution in [1.82, 2.24) is 9.55 Å². The van der Waals surface area contributed by atoms with E-state index in [1.54, 1.807) is 30.3 Å². The summed E-state index contributed by atoms with van der Waals surface area (Å²) < 4.78 is 1.05. The number of hydrogen-bond acceptors (Lipinski definition) is 4. The first-order chi connectivity index (χ1) is 8.59. The van der Waals surface area contributed by atoms with Crippen molar-refractivity contribution in [3.63, 3.8) is 0 Å². The lowest BCUT2D eigenvalue weighted by molar-refractivity contribution is 0.0995. The molecule has 0 aliphatic heterocycles. The summed E-state index contributed by atoms with van der Waals surface area (Å²) in [5.74, 6) is -1.07. The molecule has 1 aromatic heterocycles. The molecule has 0 saturated carbocycles. The van der Waals surface area contributed by atoms with Crippen molar-refractivity contribution in [3.05, 3.63) is 46.4 Å². The Hall–Kier alpha value is -2.70. The summed E-state index contributed by atoms with van der Waals surface area (Å²) in [6.45, 7) is 0. The van der Waals surface area contributed by atoms with Crippen LogP contribution in [-0.4, -0.2) is 20.6 Å². The van der Waals surface area contributed by atoms with Gasteiger partial charge in [0.15, 0.2) is 0 Å². The van der Waals surface area contributed by atoms with Crippen molar-refractivity contribution >= 4 is 11.7 Å². The molecule has 0 saturated heterocycles. The number of carbonyl (C=O) groups is 1. The van der Waals surface area contributed by atoms with E-state index < -0.39 is 17.5 Å². The van der Waals surface area contributed by atoms with Crippen molar-refractivity contribution in [1.29, 1.82) is 0 Å². The van der Waals surface area contributed by atoms with Crippen LogP contribution in [-0.2, 0) is 7.05 Å². The molecule has 2 aromatic rings. The van der Waals surface area contributed by atoms with Crippen LogP contribution < -0.4 is 5.69 Å². The summed E-state index contributed by atoms with van der Waals surface area (Å²) in [5, 5.41) is 16.4. The molecule has 7 heteroatoms. The van der Waals surface area contributed by atoms with Crippen molar-refractivity contribution in [2.75, 3.05) is 0 Å². The summed E-state index contributed by atoms with van der Waals surface area (Å²) in [4.78, 5) is 24.9. The third-order valence-corrected chi connectivity index (χ3v) is 2.32. The van der Waals surface area contributed by atoms with Gasteiger partial charge in [0.25, 0.3) is 5.91 Å². The predicted octanol–water partition coefficient (Wildman–Crippen LogP) is 1.34. The molecule has 0 spiro atoms. The van der Waals surface area contributed by atoms with Crippen LogP contribution in [0.3, 0.4) is 0 Å². The third kappa shape index (κ3) is 2.19. The number of imidazole rings is 1. The normalized spacial score (nSPS) is 10.9. The quantitative estimate of drug-likeness (QED) is 0.782. The minimum atomic E-state index is -0.552. The van der Waals surface area contributed by atoms with Crippen LogP contribution in [0.25, 0.3) is 0 Å². The van der Waals surface area contributed by atoms with Crippen LogP contribution in [0.4, 0.5) is 5.82 Å². The van der Waals surface area contributed by atoms with E-state index in [9.17, 15) is 14.7 Å². The molecule has 1 heterocycles. The number of benzene rings is 1. The van der Waals surface area contributed by atoms with E-state index in [1.165, 1.54) is 7.05 Å². The number of aromatic nitrogens is 2. The van der Waals surface area contributed by atoms with E-state index in [4.69, 9.17) is 0 Å². The van der Waals surface area contributed by atoms with E-state index in [1.807, 2.05) is 0 Å². The molecule has 0 bridgehead atoms. The standard InChI is InChI=1S/C11H10N4O3/c1-15-8(10(17)12-11(15)18)13-14-9(16)7-5-3-2-4-6-7/h2-6,17H,1H3,(H,12,18). The van der Waals surface area contributed by atoms with Crippen LogP contribution >= 0.6 is 0 Å². The molecule has 7 nitrogen and oxygen atoms in total. The first-order valence-corrected chi connectivity index (χ1v) is 5.08. The van der Waals surface area contributed by atoms with Gasteiger partial charge < -0.3 is 5.11 Å². The van der Waals surface area contributed by atoms with E-state index in [2.05, 4.69) is 15.2 Å². The number of H-pyrrole nitrogens is 1. The van der Waals surface area contributed by atoms with Crippen LogP contribution in [0.1, 0.15) is 10.4 Å². The highest BCUT2D eigenvalue weighted by Crippen LogP contribution is 2.21. The average molecular weight is 246 g/mol. The Bertz CT molecular complexity index is 655. The molecule has 0 atom stereocenters. The summed E-state index contributed by atoms with van der Waals surface area (Å²) in [5.41, 5.74) is -0.158. The number of nitrogens with one attached hydrogen (secondary N) is 1. The Kier molecular flexibility index (Phi) is 3.05. The van der Waals surface area contributed by atoms with Crippen LogP contribution in [0.15, 0.2) is 45.4 Å². The molecule has 92 valence electrons. The van der Waals surface area contributed by atoms with Gasteiger partial charge in [-0.2, -0.15) is 0 Å². The summed E-state index contributed by atoms with van der Waals surface area (Å²) >= 11 is 0. The van der Waals surface area contributed by atoms with Gasteiger partial charge in [0.2, 0.25) is 11.7 Å².